The molecule has 0 saturated carbocycles. The first-order valence-electron chi connectivity index (χ1n) is 7.05. The summed E-state index contributed by atoms with van der Waals surface area (Å²) in [6.45, 7) is 0. The lowest BCUT2D eigenvalue weighted by Gasteiger charge is -2.16. The summed E-state index contributed by atoms with van der Waals surface area (Å²) in [6.07, 6.45) is 1.53. The predicted octanol–water partition coefficient (Wildman–Crippen LogP) is 4.13. The number of amides is 2. The third-order valence-electron chi connectivity index (χ3n) is 3.27. The summed E-state index contributed by atoms with van der Waals surface area (Å²) in [7, 11) is 0. The second-order valence-corrected chi connectivity index (χ2v) is 7.52. The van der Waals surface area contributed by atoms with Crippen LogP contribution in [-0.2, 0) is 4.79 Å². The van der Waals surface area contributed by atoms with E-state index in [0.717, 1.165) is 16.8 Å². The Labute approximate surface area is 161 Å². The molecule has 0 unspecified atom stereocenters. The molecule has 25 heavy (non-hydrogen) atoms. The Kier molecular flexibility index (Phi) is 5.31. The number of rotatable bonds is 3. The lowest BCUT2D eigenvalue weighted by atomic mass is 10.2. The van der Waals surface area contributed by atoms with Gasteiger partial charge in [-0.2, -0.15) is 5.01 Å². The van der Waals surface area contributed by atoms with Crippen molar-refractivity contribution in [2.45, 2.75) is 0 Å². The highest BCUT2D eigenvalue weighted by atomic mass is 79.9. The summed E-state index contributed by atoms with van der Waals surface area (Å²) >= 11 is 9.50. The number of thioether (sulfide) groups is 1. The number of hydrogen-bond acceptors (Lipinski definition) is 4. The first-order valence-corrected chi connectivity index (χ1v) is 9.06. The van der Waals surface area contributed by atoms with Gasteiger partial charge in [0.15, 0.2) is 4.32 Å². The largest absolute Gasteiger partial charge is 0.285 e. The van der Waals surface area contributed by atoms with Crippen molar-refractivity contribution in [2.24, 2.45) is 0 Å². The molecule has 8 heteroatoms. The predicted molar refractivity (Wildman–Crippen MR) is 103 cm³/mol. The smallest absolute Gasteiger partial charge is 0.267 e. The van der Waals surface area contributed by atoms with E-state index >= 15 is 0 Å². The van der Waals surface area contributed by atoms with E-state index in [1.54, 1.807) is 36.4 Å². The van der Waals surface area contributed by atoms with Gasteiger partial charge in [0.2, 0.25) is 0 Å². The molecule has 0 spiro atoms. The van der Waals surface area contributed by atoms with E-state index < -0.39 is 17.6 Å². The minimum absolute atomic E-state index is 0.202. The maximum absolute atomic E-state index is 13.3. The molecule has 1 N–H and O–H groups in total. The number of nitrogens with one attached hydrogen (secondary N) is 1. The number of nitrogens with zero attached hydrogens (tertiary/aromatic N) is 1. The SMILES string of the molecule is O=C(NN1C(=O)C(=Cc2cccc(F)c2)SC1=S)c1ccccc1Br. The van der Waals surface area contributed by atoms with Crippen LogP contribution >= 0.6 is 39.9 Å². The average molecular weight is 437 g/mol. The Balaban J connectivity index is 1.80. The van der Waals surface area contributed by atoms with Gasteiger partial charge in [0.25, 0.3) is 11.8 Å². The van der Waals surface area contributed by atoms with Crippen LogP contribution in [0.15, 0.2) is 57.9 Å². The molecule has 3 rings (SSSR count). The summed E-state index contributed by atoms with van der Waals surface area (Å²) in [4.78, 5) is 25.1. The maximum atomic E-state index is 13.3. The molecule has 0 aliphatic carbocycles. The number of benzene rings is 2. The van der Waals surface area contributed by atoms with Gasteiger partial charge in [-0.3, -0.25) is 15.0 Å². The molecule has 1 aliphatic rings. The van der Waals surface area contributed by atoms with Crippen molar-refractivity contribution < 1.29 is 14.0 Å². The van der Waals surface area contributed by atoms with E-state index in [0.29, 0.717) is 20.5 Å². The van der Waals surface area contributed by atoms with Gasteiger partial charge in [0.1, 0.15) is 5.82 Å². The highest BCUT2D eigenvalue weighted by Gasteiger charge is 2.34. The van der Waals surface area contributed by atoms with Crippen molar-refractivity contribution in [3.63, 3.8) is 0 Å². The van der Waals surface area contributed by atoms with Gasteiger partial charge in [-0.25, -0.2) is 4.39 Å². The van der Waals surface area contributed by atoms with Crippen LogP contribution in [0.3, 0.4) is 0 Å². The van der Waals surface area contributed by atoms with Crippen LogP contribution in [0.4, 0.5) is 4.39 Å². The summed E-state index contributed by atoms with van der Waals surface area (Å²) in [5.74, 6) is -1.32. The monoisotopic (exact) mass is 436 g/mol. The van der Waals surface area contributed by atoms with Crippen molar-refractivity contribution in [2.75, 3.05) is 0 Å². The average Bonchev–Trinajstić information content (AvgIpc) is 2.83. The van der Waals surface area contributed by atoms with E-state index in [1.165, 1.54) is 18.2 Å². The Morgan fingerprint density at radius 2 is 2.00 bits per heavy atom. The molecule has 1 saturated heterocycles. The second kappa shape index (κ2) is 7.47. The van der Waals surface area contributed by atoms with E-state index in [2.05, 4.69) is 21.4 Å². The molecule has 126 valence electrons. The minimum atomic E-state index is -0.462. The van der Waals surface area contributed by atoms with Crippen LogP contribution in [-0.4, -0.2) is 21.1 Å². The Bertz CT molecular complexity index is 917. The molecule has 2 aromatic rings. The van der Waals surface area contributed by atoms with Crippen molar-refractivity contribution >= 4 is 62.1 Å². The van der Waals surface area contributed by atoms with Gasteiger partial charge >= 0.3 is 0 Å². The normalized spacial score (nSPS) is 15.8. The number of carbonyl (C=O) groups excluding carboxylic acids is 2. The summed E-state index contributed by atoms with van der Waals surface area (Å²) in [6, 6.07) is 12.7. The van der Waals surface area contributed by atoms with Crippen LogP contribution in [0.2, 0.25) is 0 Å². The van der Waals surface area contributed by atoms with Gasteiger partial charge in [-0.05, 0) is 64.1 Å². The van der Waals surface area contributed by atoms with Crippen molar-refractivity contribution in [1.29, 1.82) is 0 Å². The van der Waals surface area contributed by atoms with Crippen molar-refractivity contribution in [3.8, 4) is 0 Å². The Morgan fingerprint density at radius 1 is 1.24 bits per heavy atom. The molecular weight excluding hydrogens is 427 g/mol. The standard InChI is InChI=1S/C17H10BrFN2O2S2/c18-13-7-2-1-6-12(13)15(22)20-21-16(23)14(25-17(21)24)9-10-4-3-5-11(19)8-10/h1-9H,(H,20,22). The summed E-state index contributed by atoms with van der Waals surface area (Å²) < 4.78 is 14.1. The van der Waals surface area contributed by atoms with E-state index in [1.807, 2.05) is 0 Å². The van der Waals surface area contributed by atoms with Crippen LogP contribution in [0.1, 0.15) is 15.9 Å². The minimum Gasteiger partial charge on any atom is -0.267 e. The second-order valence-electron chi connectivity index (χ2n) is 4.99. The van der Waals surface area contributed by atoms with Gasteiger partial charge in [0.05, 0.1) is 10.5 Å². The van der Waals surface area contributed by atoms with Crippen LogP contribution in [0, 0.1) is 5.82 Å². The molecule has 1 fully saturated rings. The summed E-state index contributed by atoms with van der Waals surface area (Å²) in [5, 5.41) is 1.02. The number of carbonyl (C=O) groups is 2. The molecule has 1 heterocycles. The molecule has 0 aromatic heterocycles. The van der Waals surface area contributed by atoms with Crippen LogP contribution in [0.25, 0.3) is 6.08 Å². The number of hydrogen-bond donors (Lipinski definition) is 1. The lowest BCUT2D eigenvalue weighted by molar-refractivity contribution is -0.123. The van der Waals surface area contributed by atoms with Crippen molar-refractivity contribution in [1.82, 2.24) is 10.4 Å². The topological polar surface area (TPSA) is 49.4 Å². The van der Waals surface area contributed by atoms with Gasteiger partial charge in [-0.1, -0.05) is 36.0 Å². The lowest BCUT2D eigenvalue weighted by Crippen LogP contribution is -2.44. The Hall–Kier alpha value is -2.03. The van der Waals surface area contributed by atoms with E-state index in [4.69, 9.17) is 12.2 Å². The fraction of sp³-hybridized carbons (Fsp3) is 0. The zero-order chi connectivity index (χ0) is 18.0. The quantitative estimate of drug-likeness (QED) is 0.580. The molecule has 4 nitrogen and oxygen atoms in total. The van der Waals surface area contributed by atoms with Gasteiger partial charge in [-0.15, -0.1) is 0 Å². The van der Waals surface area contributed by atoms with E-state index in [9.17, 15) is 14.0 Å². The summed E-state index contributed by atoms with van der Waals surface area (Å²) in [5.41, 5.74) is 3.42. The van der Waals surface area contributed by atoms with Crippen molar-refractivity contribution in [3.05, 3.63) is 74.9 Å². The highest BCUT2D eigenvalue weighted by molar-refractivity contribution is 9.10. The van der Waals surface area contributed by atoms with Gasteiger partial charge < -0.3 is 0 Å². The maximum Gasteiger partial charge on any atom is 0.285 e. The zero-order valence-corrected chi connectivity index (χ0v) is 15.8. The number of halogens is 2. The molecular formula is C17H10BrFN2O2S2. The zero-order valence-electron chi connectivity index (χ0n) is 12.5. The van der Waals surface area contributed by atoms with E-state index in [-0.39, 0.29) is 4.32 Å². The molecule has 0 atom stereocenters. The first kappa shape index (κ1) is 17.8. The highest BCUT2D eigenvalue weighted by Crippen LogP contribution is 2.31. The number of hydrazine groups is 1. The van der Waals surface area contributed by atoms with Crippen LogP contribution in [0.5, 0.6) is 0 Å². The molecule has 2 aromatic carbocycles. The number of thiocarbonyl (C=S) groups is 1. The molecule has 0 radical (unpaired) electrons. The van der Waals surface area contributed by atoms with Gasteiger partial charge in [0, 0.05) is 4.47 Å². The molecule has 2 amide bonds. The molecule has 1 aliphatic heterocycles. The fourth-order valence-electron chi connectivity index (χ4n) is 2.12. The third-order valence-corrected chi connectivity index (χ3v) is 5.27. The molecule has 0 bridgehead atoms. The fourth-order valence-corrected chi connectivity index (χ4v) is 3.76. The van der Waals surface area contributed by atoms with Crippen LogP contribution < -0.4 is 5.43 Å². The first-order chi connectivity index (χ1) is 12.0. The Morgan fingerprint density at radius 3 is 2.72 bits per heavy atom. The third kappa shape index (κ3) is 3.97.